The maximum absolute atomic E-state index is 11.7. The Balaban J connectivity index is 2.17. The fourth-order valence-electron chi connectivity index (χ4n) is 2.71. The lowest BCUT2D eigenvalue weighted by molar-refractivity contribution is -0.154. The summed E-state index contributed by atoms with van der Waals surface area (Å²) >= 11 is 0. The van der Waals surface area contributed by atoms with Crippen LogP contribution in [0, 0.1) is 11.3 Å². The summed E-state index contributed by atoms with van der Waals surface area (Å²) < 4.78 is 5.33. The molecule has 0 bridgehead atoms. The number of carbonyl (C=O) groups excluding carboxylic acids is 1. The number of hydrogen-bond acceptors (Lipinski definition) is 4. The smallest absolute Gasteiger partial charge is 0.311 e. The van der Waals surface area contributed by atoms with E-state index in [1.165, 1.54) is 0 Å². The van der Waals surface area contributed by atoms with Crippen molar-refractivity contribution in [2.75, 3.05) is 6.61 Å². The lowest BCUT2D eigenvalue weighted by Crippen LogP contribution is -2.25. The maximum atomic E-state index is 11.7. The Kier molecular flexibility index (Phi) is 8.71. The second-order valence-corrected chi connectivity index (χ2v) is 8.09. The van der Waals surface area contributed by atoms with E-state index < -0.39 is 17.6 Å². The Labute approximate surface area is 146 Å². The van der Waals surface area contributed by atoms with Gasteiger partial charge in [-0.2, -0.15) is 0 Å². The van der Waals surface area contributed by atoms with E-state index in [4.69, 9.17) is 4.74 Å². The predicted molar refractivity (Wildman–Crippen MR) is 96.5 cm³/mol. The summed E-state index contributed by atoms with van der Waals surface area (Å²) in [7, 11) is 0. The lowest BCUT2D eigenvalue weighted by atomic mass is 9.90. The molecule has 0 aromatic rings. The molecule has 4 heteroatoms. The van der Waals surface area contributed by atoms with Gasteiger partial charge in [-0.25, -0.2) is 0 Å². The second-order valence-electron chi connectivity index (χ2n) is 8.09. The highest BCUT2D eigenvalue weighted by Gasteiger charge is 2.23. The van der Waals surface area contributed by atoms with Crippen LogP contribution in [-0.2, 0) is 9.53 Å². The predicted octanol–water partition coefficient (Wildman–Crippen LogP) is 3.77. The summed E-state index contributed by atoms with van der Waals surface area (Å²) in [6.07, 6.45) is 10.2. The molecule has 0 saturated heterocycles. The van der Waals surface area contributed by atoms with Crippen molar-refractivity contribution in [3.05, 3.63) is 23.8 Å². The van der Waals surface area contributed by atoms with Crippen molar-refractivity contribution in [3.8, 4) is 0 Å². The molecule has 1 saturated carbocycles. The summed E-state index contributed by atoms with van der Waals surface area (Å²) in [5.74, 6) is 0.226. The van der Waals surface area contributed by atoms with Crippen LogP contribution in [0.15, 0.2) is 23.8 Å². The van der Waals surface area contributed by atoms with E-state index >= 15 is 0 Å². The van der Waals surface area contributed by atoms with Gasteiger partial charge in [0, 0.05) is 0 Å². The molecule has 138 valence electrons. The van der Waals surface area contributed by atoms with Crippen LogP contribution in [0.25, 0.3) is 0 Å². The van der Waals surface area contributed by atoms with E-state index in [0.717, 1.165) is 24.8 Å². The summed E-state index contributed by atoms with van der Waals surface area (Å²) in [5.41, 5.74) is 0.677. The number of rotatable bonds is 7. The number of aliphatic hydroxyl groups excluding tert-OH is 2. The summed E-state index contributed by atoms with van der Waals surface area (Å²) in [6.45, 7) is 8.18. The molecule has 0 aliphatic heterocycles. The van der Waals surface area contributed by atoms with Crippen molar-refractivity contribution in [3.63, 3.8) is 0 Å². The zero-order chi connectivity index (χ0) is 18.2. The van der Waals surface area contributed by atoms with Gasteiger partial charge in [0.25, 0.3) is 0 Å². The van der Waals surface area contributed by atoms with Crippen molar-refractivity contribution in [1.82, 2.24) is 0 Å². The van der Waals surface area contributed by atoms with Crippen LogP contribution in [-0.4, -0.2) is 35.0 Å². The van der Waals surface area contributed by atoms with Gasteiger partial charge < -0.3 is 14.9 Å². The SMILES string of the molecule is C[C@H](CCC/C=C/C=C1C[C@@H](O)C[C@H](O)C1)COC(=O)C(C)(C)C. The third-order valence-electron chi connectivity index (χ3n) is 4.19. The first kappa shape index (κ1) is 20.9. The topological polar surface area (TPSA) is 66.8 Å². The molecule has 0 heterocycles. The van der Waals surface area contributed by atoms with E-state index in [1.807, 2.05) is 32.9 Å². The second kappa shape index (κ2) is 10.00. The number of unbranched alkanes of at least 4 members (excludes halogenated alkanes) is 1. The number of hydrogen-bond donors (Lipinski definition) is 2. The first-order valence-corrected chi connectivity index (χ1v) is 9.06. The monoisotopic (exact) mass is 338 g/mol. The summed E-state index contributed by atoms with van der Waals surface area (Å²) in [4.78, 5) is 11.7. The van der Waals surface area contributed by atoms with E-state index in [2.05, 4.69) is 13.0 Å². The number of ether oxygens (including phenoxy) is 1. The maximum Gasteiger partial charge on any atom is 0.311 e. The molecule has 4 nitrogen and oxygen atoms in total. The highest BCUT2D eigenvalue weighted by molar-refractivity contribution is 5.75. The number of aliphatic hydroxyl groups is 2. The van der Waals surface area contributed by atoms with Gasteiger partial charge in [-0.1, -0.05) is 30.7 Å². The molecule has 1 fully saturated rings. The van der Waals surface area contributed by atoms with E-state index in [1.54, 1.807) is 0 Å². The van der Waals surface area contributed by atoms with Crippen molar-refractivity contribution in [2.45, 2.75) is 78.4 Å². The molecule has 2 N–H and O–H groups in total. The van der Waals surface area contributed by atoms with E-state index in [-0.39, 0.29) is 5.97 Å². The standard InChI is InChI=1S/C20H34O4/c1-15(14-24-19(23)20(2,3)4)9-7-5-6-8-10-16-11-17(21)13-18(22)12-16/h6,8,10,15,17-18,21-22H,5,7,9,11-14H2,1-4H3/b8-6+/t15-,17-,18-/m1/s1. The van der Waals surface area contributed by atoms with Gasteiger partial charge in [0.05, 0.1) is 24.2 Å². The molecule has 0 aromatic heterocycles. The highest BCUT2D eigenvalue weighted by Crippen LogP contribution is 2.24. The summed E-state index contributed by atoms with van der Waals surface area (Å²) in [5, 5.41) is 19.3. The molecule has 0 unspecified atom stereocenters. The summed E-state index contributed by atoms with van der Waals surface area (Å²) in [6, 6.07) is 0. The molecular weight excluding hydrogens is 304 g/mol. The third kappa shape index (κ3) is 8.65. The minimum atomic E-state index is -0.434. The van der Waals surface area contributed by atoms with Crippen LogP contribution < -0.4 is 0 Å². The minimum absolute atomic E-state index is 0.141. The van der Waals surface area contributed by atoms with Crippen molar-refractivity contribution in [1.29, 1.82) is 0 Å². The van der Waals surface area contributed by atoms with Crippen LogP contribution in [0.4, 0.5) is 0 Å². The molecule has 0 radical (unpaired) electrons. The van der Waals surface area contributed by atoms with Gasteiger partial charge in [-0.15, -0.1) is 0 Å². The van der Waals surface area contributed by atoms with Gasteiger partial charge in [0.1, 0.15) is 0 Å². The molecule has 1 rings (SSSR count). The Bertz CT molecular complexity index is 433. The molecular formula is C20H34O4. The van der Waals surface area contributed by atoms with Crippen molar-refractivity contribution >= 4 is 5.97 Å². The molecule has 3 atom stereocenters. The number of esters is 1. The Morgan fingerprint density at radius 1 is 1.29 bits per heavy atom. The van der Waals surface area contributed by atoms with Crippen LogP contribution in [0.1, 0.15) is 66.2 Å². The lowest BCUT2D eigenvalue weighted by Gasteiger charge is -2.24. The number of carbonyl (C=O) groups is 1. The highest BCUT2D eigenvalue weighted by atomic mass is 16.5. The quantitative estimate of drug-likeness (QED) is 0.548. The van der Waals surface area contributed by atoms with E-state index in [9.17, 15) is 15.0 Å². The zero-order valence-electron chi connectivity index (χ0n) is 15.6. The van der Waals surface area contributed by atoms with E-state index in [0.29, 0.717) is 31.8 Å². The molecule has 1 aliphatic rings. The third-order valence-corrected chi connectivity index (χ3v) is 4.19. The average molecular weight is 338 g/mol. The molecule has 24 heavy (non-hydrogen) atoms. The van der Waals surface area contributed by atoms with Crippen LogP contribution in [0.5, 0.6) is 0 Å². The van der Waals surface area contributed by atoms with Crippen LogP contribution in [0.2, 0.25) is 0 Å². The van der Waals surface area contributed by atoms with Crippen molar-refractivity contribution in [2.24, 2.45) is 11.3 Å². The van der Waals surface area contributed by atoms with Gasteiger partial charge in [-0.05, 0) is 65.2 Å². The number of allylic oxidation sites excluding steroid dienone is 3. The average Bonchev–Trinajstić information content (AvgIpc) is 2.46. The molecule has 1 aliphatic carbocycles. The van der Waals surface area contributed by atoms with Crippen LogP contribution >= 0.6 is 0 Å². The Hall–Kier alpha value is -1.13. The Morgan fingerprint density at radius 3 is 2.50 bits per heavy atom. The zero-order valence-corrected chi connectivity index (χ0v) is 15.6. The van der Waals surface area contributed by atoms with Crippen molar-refractivity contribution < 1.29 is 19.7 Å². The minimum Gasteiger partial charge on any atom is -0.465 e. The first-order valence-electron chi connectivity index (χ1n) is 9.06. The normalized spacial score (nSPS) is 23.3. The fraction of sp³-hybridized carbons (Fsp3) is 0.750. The van der Waals surface area contributed by atoms with Gasteiger partial charge in [0.15, 0.2) is 0 Å². The Morgan fingerprint density at radius 2 is 1.92 bits per heavy atom. The first-order chi connectivity index (χ1) is 11.2. The largest absolute Gasteiger partial charge is 0.465 e. The fourth-order valence-corrected chi connectivity index (χ4v) is 2.71. The van der Waals surface area contributed by atoms with Crippen LogP contribution in [0.3, 0.4) is 0 Å². The van der Waals surface area contributed by atoms with Gasteiger partial charge >= 0.3 is 5.97 Å². The van der Waals surface area contributed by atoms with Gasteiger partial charge in [0.2, 0.25) is 0 Å². The van der Waals surface area contributed by atoms with Gasteiger partial charge in [-0.3, -0.25) is 4.79 Å². The molecule has 0 amide bonds. The molecule has 0 aromatic carbocycles. The molecule has 0 spiro atoms.